The average molecular weight is 226 g/mol. The van der Waals surface area contributed by atoms with Gasteiger partial charge in [0.15, 0.2) is 12.4 Å². The van der Waals surface area contributed by atoms with Crippen LogP contribution in [0.15, 0.2) is 18.2 Å². The third-order valence-electron chi connectivity index (χ3n) is 1.38. The van der Waals surface area contributed by atoms with Crippen LogP contribution in [0, 0.1) is 0 Å². The van der Waals surface area contributed by atoms with Crippen LogP contribution in [0.3, 0.4) is 0 Å². The molecule has 0 bridgehead atoms. The zero-order valence-corrected chi connectivity index (χ0v) is 7.69. The van der Waals surface area contributed by atoms with E-state index in [1.807, 2.05) is 0 Å². The molecule has 0 aromatic heterocycles. The highest BCUT2D eigenvalue weighted by atomic mass is 35.5. The molecule has 0 saturated carbocycles. The van der Waals surface area contributed by atoms with Crippen molar-refractivity contribution in [1.29, 1.82) is 0 Å². The molecule has 78 valence electrons. The highest BCUT2D eigenvalue weighted by Crippen LogP contribution is 2.31. The van der Waals surface area contributed by atoms with Crippen LogP contribution in [0.1, 0.15) is 0 Å². The van der Waals surface area contributed by atoms with Gasteiger partial charge < -0.3 is 10.5 Å². The van der Waals surface area contributed by atoms with E-state index < -0.39 is 12.8 Å². The summed E-state index contributed by atoms with van der Waals surface area (Å²) >= 11 is 5.59. The van der Waals surface area contributed by atoms with Crippen molar-refractivity contribution in [2.75, 3.05) is 12.3 Å². The smallest absolute Gasteiger partial charge is 0.422 e. The molecule has 2 nitrogen and oxygen atoms in total. The number of para-hydroxylation sites is 1. The molecule has 0 aliphatic heterocycles. The van der Waals surface area contributed by atoms with E-state index in [1.165, 1.54) is 18.2 Å². The topological polar surface area (TPSA) is 35.2 Å². The molecule has 0 heterocycles. The lowest BCUT2D eigenvalue weighted by Crippen LogP contribution is -2.19. The molecule has 1 aromatic rings. The molecular weight excluding hydrogens is 219 g/mol. The highest BCUT2D eigenvalue weighted by Gasteiger charge is 2.29. The Morgan fingerprint density at radius 2 is 2.00 bits per heavy atom. The van der Waals surface area contributed by atoms with Gasteiger partial charge in [0, 0.05) is 0 Å². The summed E-state index contributed by atoms with van der Waals surface area (Å²) in [6, 6.07) is 4.35. The van der Waals surface area contributed by atoms with Gasteiger partial charge in [-0.3, -0.25) is 0 Å². The number of rotatable bonds is 2. The predicted molar refractivity (Wildman–Crippen MR) is 47.4 cm³/mol. The average Bonchev–Trinajstić information content (AvgIpc) is 2.01. The van der Waals surface area contributed by atoms with Crippen LogP contribution in [0.25, 0.3) is 0 Å². The molecule has 0 unspecified atom stereocenters. The van der Waals surface area contributed by atoms with Crippen LogP contribution in [-0.2, 0) is 0 Å². The summed E-state index contributed by atoms with van der Waals surface area (Å²) in [7, 11) is 0. The molecule has 0 aliphatic carbocycles. The molecule has 1 rings (SSSR count). The Kier molecular flexibility index (Phi) is 3.10. The SMILES string of the molecule is Nc1cccc(Cl)c1OCC(F)(F)F. The number of anilines is 1. The lowest BCUT2D eigenvalue weighted by Gasteiger charge is -2.11. The monoisotopic (exact) mass is 225 g/mol. The number of benzene rings is 1. The largest absolute Gasteiger partial charge is 0.480 e. The lowest BCUT2D eigenvalue weighted by atomic mass is 10.3. The van der Waals surface area contributed by atoms with E-state index in [1.54, 1.807) is 0 Å². The number of hydrogen-bond acceptors (Lipinski definition) is 2. The third-order valence-corrected chi connectivity index (χ3v) is 1.68. The van der Waals surface area contributed by atoms with Crippen molar-refractivity contribution in [3.8, 4) is 5.75 Å². The van der Waals surface area contributed by atoms with Crippen LogP contribution in [0.2, 0.25) is 5.02 Å². The fourth-order valence-electron chi connectivity index (χ4n) is 0.832. The van der Waals surface area contributed by atoms with Crippen LogP contribution in [-0.4, -0.2) is 12.8 Å². The Bertz CT molecular complexity index is 307. The van der Waals surface area contributed by atoms with Crippen molar-refractivity contribution in [3.63, 3.8) is 0 Å². The zero-order chi connectivity index (χ0) is 10.8. The third kappa shape index (κ3) is 2.99. The Hall–Kier alpha value is -1.10. The molecule has 1 aromatic carbocycles. The number of nitrogen functional groups attached to an aromatic ring is 1. The number of halogens is 4. The van der Waals surface area contributed by atoms with Gasteiger partial charge in [-0.2, -0.15) is 13.2 Å². The Balaban J connectivity index is 2.77. The molecule has 0 aliphatic rings. The van der Waals surface area contributed by atoms with Crippen molar-refractivity contribution in [2.45, 2.75) is 6.18 Å². The maximum absolute atomic E-state index is 11.8. The second kappa shape index (κ2) is 3.96. The van der Waals surface area contributed by atoms with Crippen LogP contribution in [0.5, 0.6) is 5.75 Å². The lowest BCUT2D eigenvalue weighted by molar-refractivity contribution is -0.153. The first-order chi connectivity index (χ1) is 6.40. The number of ether oxygens (including phenoxy) is 1. The quantitative estimate of drug-likeness (QED) is 0.786. The molecule has 2 N–H and O–H groups in total. The fraction of sp³-hybridized carbons (Fsp3) is 0.250. The van der Waals surface area contributed by atoms with Crippen LogP contribution >= 0.6 is 11.6 Å². The summed E-state index contributed by atoms with van der Waals surface area (Å²) in [5.74, 6) is -0.133. The molecular formula is C8H7ClF3NO. The molecule has 6 heteroatoms. The summed E-state index contributed by atoms with van der Waals surface area (Å²) in [5, 5.41) is 0.0641. The number of nitrogens with two attached hydrogens (primary N) is 1. The van der Waals surface area contributed by atoms with Gasteiger partial charge in [-0.15, -0.1) is 0 Å². The number of hydrogen-bond donors (Lipinski definition) is 1. The highest BCUT2D eigenvalue weighted by molar-refractivity contribution is 6.32. The first-order valence-electron chi connectivity index (χ1n) is 3.63. The number of alkyl halides is 3. The van der Waals surface area contributed by atoms with Gasteiger partial charge in [-0.25, -0.2) is 0 Å². The van der Waals surface area contributed by atoms with E-state index >= 15 is 0 Å². The zero-order valence-electron chi connectivity index (χ0n) is 6.94. The molecule has 0 radical (unpaired) electrons. The summed E-state index contributed by atoms with van der Waals surface area (Å²) in [6.07, 6.45) is -4.40. The van der Waals surface area contributed by atoms with E-state index in [4.69, 9.17) is 17.3 Å². The van der Waals surface area contributed by atoms with Gasteiger partial charge in [0.25, 0.3) is 0 Å². The predicted octanol–water partition coefficient (Wildman–Crippen LogP) is 2.86. The minimum Gasteiger partial charge on any atom is -0.480 e. The van der Waals surface area contributed by atoms with E-state index in [0.29, 0.717) is 0 Å². The van der Waals surface area contributed by atoms with E-state index in [9.17, 15) is 13.2 Å². The molecule has 0 fully saturated rings. The van der Waals surface area contributed by atoms with Crippen LogP contribution in [0.4, 0.5) is 18.9 Å². The van der Waals surface area contributed by atoms with Gasteiger partial charge in [0.1, 0.15) is 0 Å². The fourth-order valence-corrected chi connectivity index (χ4v) is 1.07. The van der Waals surface area contributed by atoms with Crippen molar-refractivity contribution in [2.24, 2.45) is 0 Å². The standard InChI is InChI=1S/C8H7ClF3NO/c9-5-2-1-3-6(13)7(5)14-4-8(10,11)12/h1-3H,4,13H2. The Labute approximate surface area is 83.4 Å². The van der Waals surface area contributed by atoms with E-state index in [-0.39, 0.29) is 16.5 Å². The Morgan fingerprint density at radius 3 is 2.50 bits per heavy atom. The maximum atomic E-state index is 11.8. The summed E-state index contributed by atoms with van der Waals surface area (Å²) in [6.45, 7) is -1.40. The minimum absolute atomic E-state index is 0.0641. The van der Waals surface area contributed by atoms with Gasteiger partial charge in [-0.05, 0) is 12.1 Å². The Morgan fingerprint density at radius 1 is 1.36 bits per heavy atom. The van der Waals surface area contributed by atoms with E-state index in [2.05, 4.69) is 4.74 Å². The maximum Gasteiger partial charge on any atom is 0.422 e. The molecule has 0 spiro atoms. The summed E-state index contributed by atoms with van der Waals surface area (Å²) < 4.78 is 39.8. The van der Waals surface area contributed by atoms with Crippen molar-refractivity contribution in [1.82, 2.24) is 0 Å². The first-order valence-corrected chi connectivity index (χ1v) is 4.01. The first kappa shape index (κ1) is 11.0. The van der Waals surface area contributed by atoms with Gasteiger partial charge >= 0.3 is 6.18 Å². The molecule has 0 atom stereocenters. The molecule has 0 saturated heterocycles. The van der Waals surface area contributed by atoms with E-state index in [0.717, 1.165) is 0 Å². The second-order valence-electron chi connectivity index (χ2n) is 2.56. The van der Waals surface area contributed by atoms with Gasteiger partial charge in [-0.1, -0.05) is 17.7 Å². The van der Waals surface area contributed by atoms with Gasteiger partial charge in [0.2, 0.25) is 0 Å². The molecule has 0 amide bonds. The van der Waals surface area contributed by atoms with Crippen molar-refractivity contribution >= 4 is 17.3 Å². The van der Waals surface area contributed by atoms with Crippen molar-refractivity contribution in [3.05, 3.63) is 23.2 Å². The second-order valence-corrected chi connectivity index (χ2v) is 2.97. The summed E-state index contributed by atoms with van der Waals surface area (Å²) in [4.78, 5) is 0. The summed E-state index contributed by atoms with van der Waals surface area (Å²) in [5.41, 5.74) is 5.46. The minimum atomic E-state index is -4.40. The molecule has 14 heavy (non-hydrogen) atoms. The van der Waals surface area contributed by atoms with Crippen molar-refractivity contribution < 1.29 is 17.9 Å². The normalized spacial score (nSPS) is 11.4. The van der Waals surface area contributed by atoms with Crippen LogP contribution < -0.4 is 10.5 Å². The van der Waals surface area contributed by atoms with Gasteiger partial charge in [0.05, 0.1) is 10.7 Å².